The van der Waals surface area contributed by atoms with Gasteiger partial charge in [0.05, 0.1) is 5.69 Å². The monoisotopic (exact) mass is 177 g/mol. The molecule has 0 spiro atoms. The molecule has 3 nitrogen and oxygen atoms in total. The number of nitrogens with one attached hydrogen (secondary N) is 1. The summed E-state index contributed by atoms with van der Waals surface area (Å²) in [5.74, 6) is 0.509. The van der Waals surface area contributed by atoms with E-state index in [2.05, 4.69) is 29.1 Å². The summed E-state index contributed by atoms with van der Waals surface area (Å²) in [6, 6.07) is 0. The van der Waals surface area contributed by atoms with Gasteiger partial charge in [0.15, 0.2) is 0 Å². The molecule has 3 heteroatoms. The van der Waals surface area contributed by atoms with Gasteiger partial charge in [-0.25, -0.2) is 9.97 Å². The van der Waals surface area contributed by atoms with Gasteiger partial charge in [-0.3, -0.25) is 0 Å². The second kappa shape index (κ2) is 3.42. The van der Waals surface area contributed by atoms with Gasteiger partial charge in [-0.2, -0.15) is 0 Å². The van der Waals surface area contributed by atoms with Gasteiger partial charge in [-0.1, -0.05) is 13.8 Å². The number of aromatic nitrogens is 2. The van der Waals surface area contributed by atoms with Crippen molar-refractivity contribution in [2.24, 2.45) is 0 Å². The number of nitrogens with zero attached hydrogens (tertiary/aromatic N) is 2. The highest BCUT2D eigenvalue weighted by Crippen LogP contribution is 2.20. The molecule has 0 fully saturated rings. The highest BCUT2D eigenvalue weighted by Gasteiger charge is 2.16. The number of fused-ring (bicyclic) bond motifs is 1. The molecule has 0 aromatic carbocycles. The van der Waals surface area contributed by atoms with Crippen LogP contribution in [0.15, 0.2) is 6.33 Å². The van der Waals surface area contributed by atoms with Crippen molar-refractivity contribution >= 4 is 0 Å². The predicted molar refractivity (Wildman–Crippen MR) is 51.5 cm³/mol. The standard InChI is InChI=1S/C10H15N3/c1-7(2)10-8-3-4-11-5-9(8)12-6-13-10/h6-7,11H,3-5H2,1-2H3. The summed E-state index contributed by atoms with van der Waals surface area (Å²) < 4.78 is 0. The van der Waals surface area contributed by atoms with Crippen LogP contribution in [0.2, 0.25) is 0 Å². The van der Waals surface area contributed by atoms with Crippen LogP contribution < -0.4 is 5.32 Å². The minimum Gasteiger partial charge on any atom is -0.311 e. The van der Waals surface area contributed by atoms with Crippen LogP contribution in [0.25, 0.3) is 0 Å². The molecule has 1 aliphatic heterocycles. The zero-order valence-electron chi connectivity index (χ0n) is 8.17. The Morgan fingerprint density at radius 2 is 2.23 bits per heavy atom. The molecule has 0 aliphatic carbocycles. The molecule has 1 aromatic rings. The Labute approximate surface area is 78.6 Å². The Morgan fingerprint density at radius 3 is 3.00 bits per heavy atom. The molecule has 0 amide bonds. The second-order valence-electron chi connectivity index (χ2n) is 3.77. The lowest BCUT2D eigenvalue weighted by atomic mass is 9.98. The Hall–Kier alpha value is -0.960. The van der Waals surface area contributed by atoms with Crippen molar-refractivity contribution in [3.8, 4) is 0 Å². The van der Waals surface area contributed by atoms with E-state index in [0.717, 1.165) is 19.5 Å². The van der Waals surface area contributed by atoms with Crippen LogP contribution >= 0.6 is 0 Å². The quantitative estimate of drug-likeness (QED) is 0.701. The van der Waals surface area contributed by atoms with E-state index in [9.17, 15) is 0 Å². The van der Waals surface area contributed by atoms with Gasteiger partial charge in [-0.05, 0) is 24.4 Å². The Kier molecular flexibility index (Phi) is 2.27. The third kappa shape index (κ3) is 1.56. The molecule has 0 radical (unpaired) electrons. The fraction of sp³-hybridized carbons (Fsp3) is 0.600. The van der Waals surface area contributed by atoms with E-state index in [0.29, 0.717) is 5.92 Å². The first kappa shape index (κ1) is 8.63. The lowest BCUT2D eigenvalue weighted by molar-refractivity contribution is 0.608. The van der Waals surface area contributed by atoms with Gasteiger partial charge in [0.25, 0.3) is 0 Å². The van der Waals surface area contributed by atoms with Gasteiger partial charge >= 0.3 is 0 Å². The van der Waals surface area contributed by atoms with Crippen molar-refractivity contribution in [3.05, 3.63) is 23.3 Å². The summed E-state index contributed by atoms with van der Waals surface area (Å²) in [6.45, 7) is 6.33. The summed E-state index contributed by atoms with van der Waals surface area (Å²) in [6.07, 6.45) is 2.75. The zero-order valence-corrected chi connectivity index (χ0v) is 8.17. The van der Waals surface area contributed by atoms with E-state index < -0.39 is 0 Å². The van der Waals surface area contributed by atoms with E-state index in [1.807, 2.05) is 0 Å². The van der Waals surface area contributed by atoms with E-state index in [1.54, 1.807) is 6.33 Å². The molecule has 2 rings (SSSR count). The molecule has 0 atom stereocenters. The minimum absolute atomic E-state index is 0.509. The number of rotatable bonds is 1. The molecular weight excluding hydrogens is 162 g/mol. The van der Waals surface area contributed by atoms with Gasteiger partial charge in [-0.15, -0.1) is 0 Å². The molecule has 1 aliphatic rings. The van der Waals surface area contributed by atoms with Gasteiger partial charge in [0, 0.05) is 12.2 Å². The average Bonchev–Trinajstić information content (AvgIpc) is 2.17. The fourth-order valence-electron chi connectivity index (χ4n) is 1.81. The molecule has 2 heterocycles. The Bertz CT molecular complexity index is 307. The van der Waals surface area contributed by atoms with E-state index in [4.69, 9.17) is 0 Å². The maximum atomic E-state index is 4.35. The van der Waals surface area contributed by atoms with Crippen molar-refractivity contribution in [1.29, 1.82) is 0 Å². The zero-order chi connectivity index (χ0) is 9.26. The van der Waals surface area contributed by atoms with Crippen molar-refractivity contribution in [3.63, 3.8) is 0 Å². The summed E-state index contributed by atoms with van der Waals surface area (Å²) >= 11 is 0. The van der Waals surface area contributed by atoms with Crippen molar-refractivity contribution in [2.75, 3.05) is 6.54 Å². The highest BCUT2D eigenvalue weighted by atomic mass is 14.9. The van der Waals surface area contributed by atoms with Crippen LogP contribution in [0.4, 0.5) is 0 Å². The lowest BCUT2D eigenvalue weighted by Gasteiger charge is -2.19. The largest absolute Gasteiger partial charge is 0.311 e. The van der Waals surface area contributed by atoms with Crippen LogP contribution in [0.3, 0.4) is 0 Å². The fourth-order valence-corrected chi connectivity index (χ4v) is 1.81. The molecule has 0 bridgehead atoms. The normalized spacial score (nSPS) is 15.9. The van der Waals surface area contributed by atoms with Crippen molar-refractivity contribution in [2.45, 2.75) is 32.7 Å². The van der Waals surface area contributed by atoms with Crippen LogP contribution in [-0.4, -0.2) is 16.5 Å². The van der Waals surface area contributed by atoms with Crippen LogP contribution in [0.1, 0.15) is 36.7 Å². The lowest BCUT2D eigenvalue weighted by Crippen LogP contribution is -2.26. The smallest absolute Gasteiger partial charge is 0.116 e. The Morgan fingerprint density at radius 1 is 1.38 bits per heavy atom. The minimum atomic E-state index is 0.509. The van der Waals surface area contributed by atoms with Crippen molar-refractivity contribution < 1.29 is 0 Å². The van der Waals surface area contributed by atoms with Crippen LogP contribution in [0, 0.1) is 0 Å². The van der Waals surface area contributed by atoms with Gasteiger partial charge < -0.3 is 5.32 Å². The molecule has 13 heavy (non-hydrogen) atoms. The third-order valence-electron chi connectivity index (χ3n) is 2.46. The number of hydrogen-bond acceptors (Lipinski definition) is 3. The maximum absolute atomic E-state index is 4.35. The van der Waals surface area contributed by atoms with E-state index in [1.165, 1.54) is 17.0 Å². The second-order valence-corrected chi connectivity index (χ2v) is 3.77. The van der Waals surface area contributed by atoms with E-state index >= 15 is 0 Å². The Balaban J connectivity index is 2.46. The SMILES string of the molecule is CC(C)c1ncnc2c1CCNC2. The van der Waals surface area contributed by atoms with Crippen LogP contribution in [-0.2, 0) is 13.0 Å². The highest BCUT2D eigenvalue weighted by molar-refractivity contribution is 5.28. The summed E-state index contributed by atoms with van der Waals surface area (Å²) in [5.41, 5.74) is 3.78. The topological polar surface area (TPSA) is 37.8 Å². The first-order valence-corrected chi connectivity index (χ1v) is 4.82. The average molecular weight is 177 g/mol. The predicted octanol–water partition coefficient (Wildman–Crippen LogP) is 1.25. The summed E-state index contributed by atoms with van der Waals surface area (Å²) in [7, 11) is 0. The number of hydrogen-bond donors (Lipinski definition) is 1. The maximum Gasteiger partial charge on any atom is 0.116 e. The molecule has 0 unspecified atom stereocenters. The molecule has 1 aromatic heterocycles. The molecule has 70 valence electrons. The first-order valence-electron chi connectivity index (χ1n) is 4.82. The van der Waals surface area contributed by atoms with Gasteiger partial charge in [0.1, 0.15) is 6.33 Å². The molecule has 0 saturated heterocycles. The molecule has 0 saturated carbocycles. The third-order valence-corrected chi connectivity index (χ3v) is 2.46. The van der Waals surface area contributed by atoms with Crippen molar-refractivity contribution in [1.82, 2.24) is 15.3 Å². The summed E-state index contributed by atoms with van der Waals surface area (Å²) in [4.78, 5) is 8.64. The molecule has 1 N–H and O–H groups in total. The first-order chi connectivity index (χ1) is 6.29. The van der Waals surface area contributed by atoms with E-state index in [-0.39, 0.29) is 0 Å². The molecular formula is C10H15N3. The van der Waals surface area contributed by atoms with Gasteiger partial charge in [0.2, 0.25) is 0 Å². The van der Waals surface area contributed by atoms with Crippen LogP contribution in [0.5, 0.6) is 0 Å². The summed E-state index contributed by atoms with van der Waals surface area (Å²) in [5, 5.41) is 3.32.